The Balaban J connectivity index is 2.72. The van der Waals surface area contributed by atoms with Crippen molar-refractivity contribution in [1.82, 2.24) is 0 Å². The molecule has 1 rings (SSSR count). The quantitative estimate of drug-likeness (QED) is 0.804. The van der Waals surface area contributed by atoms with Crippen molar-refractivity contribution < 1.29 is 5.11 Å². The molecule has 0 saturated carbocycles. The van der Waals surface area contributed by atoms with Crippen LogP contribution in [-0.4, -0.2) is 11.7 Å². The van der Waals surface area contributed by atoms with Crippen LogP contribution in [0.2, 0.25) is 10.0 Å². The molecule has 0 radical (unpaired) electrons. The maximum absolute atomic E-state index is 8.60. The normalized spacial score (nSPS) is 10.2. The zero-order valence-electron chi connectivity index (χ0n) is 6.56. The van der Waals surface area contributed by atoms with Crippen molar-refractivity contribution in [3.63, 3.8) is 0 Å². The van der Waals surface area contributed by atoms with Crippen LogP contribution in [-0.2, 0) is 6.42 Å². The first-order chi connectivity index (χ1) is 5.72. The second-order valence-corrected chi connectivity index (χ2v) is 3.48. The van der Waals surface area contributed by atoms with Crippen LogP contribution in [0.5, 0.6) is 0 Å². The molecule has 0 heterocycles. The van der Waals surface area contributed by atoms with Crippen molar-refractivity contribution in [3.05, 3.63) is 33.8 Å². The van der Waals surface area contributed by atoms with E-state index >= 15 is 0 Å². The van der Waals surface area contributed by atoms with Crippen LogP contribution in [0.1, 0.15) is 12.0 Å². The van der Waals surface area contributed by atoms with Gasteiger partial charge in [-0.25, -0.2) is 0 Å². The molecule has 0 bridgehead atoms. The number of aryl methyl sites for hydroxylation is 1. The molecule has 3 heteroatoms. The fourth-order valence-corrected chi connectivity index (χ4v) is 1.61. The van der Waals surface area contributed by atoms with E-state index in [1.165, 1.54) is 0 Å². The highest BCUT2D eigenvalue weighted by molar-refractivity contribution is 6.34. The Labute approximate surface area is 81.9 Å². The smallest absolute Gasteiger partial charge is 0.0434 e. The summed E-state index contributed by atoms with van der Waals surface area (Å²) in [5.74, 6) is 0. The molecule has 0 spiro atoms. The lowest BCUT2D eigenvalue weighted by Gasteiger charge is -2.00. The summed E-state index contributed by atoms with van der Waals surface area (Å²) in [6.07, 6.45) is 1.56. The van der Waals surface area contributed by atoms with Gasteiger partial charge in [0.05, 0.1) is 0 Å². The zero-order valence-corrected chi connectivity index (χ0v) is 8.07. The lowest BCUT2D eigenvalue weighted by atomic mass is 10.1. The van der Waals surface area contributed by atoms with Gasteiger partial charge in [-0.15, -0.1) is 0 Å². The van der Waals surface area contributed by atoms with E-state index in [0.717, 1.165) is 18.4 Å². The Morgan fingerprint density at radius 2 is 1.67 bits per heavy atom. The summed E-state index contributed by atoms with van der Waals surface area (Å²) in [6.45, 7) is 0.199. The van der Waals surface area contributed by atoms with Gasteiger partial charge in [0.15, 0.2) is 0 Å². The molecule has 12 heavy (non-hydrogen) atoms. The van der Waals surface area contributed by atoms with Crippen LogP contribution in [0, 0.1) is 0 Å². The fourth-order valence-electron chi connectivity index (χ4n) is 1.04. The average molecular weight is 205 g/mol. The van der Waals surface area contributed by atoms with Gasteiger partial charge in [-0.2, -0.15) is 0 Å². The minimum absolute atomic E-state index is 0.199. The third-order valence-electron chi connectivity index (χ3n) is 1.55. The molecule has 1 N–H and O–H groups in total. The van der Waals surface area contributed by atoms with Crippen molar-refractivity contribution in [2.45, 2.75) is 12.8 Å². The van der Waals surface area contributed by atoms with Crippen molar-refractivity contribution >= 4 is 23.2 Å². The molecule has 0 aliphatic carbocycles. The SMILES string of the molecule is OCCCc1cc(Cl)cc(Cl)c1. The first-order valence-corrected chi connectivity index (χ1v) is 4.54. The molecule has 0 atom stereocenters. The van der Waals surface area contributed by atoms with Gasteiger partial charge < -0.3 is 5.11 Å². The second kappa shape index (κ2) is 4.70. The summed E-state index contributed by atoms with van der Waals surface area (Å²) in [7, 11) is 0. The minimum atomic E-state index is 0.199. The van der Waals surface area contributed by atoms with E-state index in [0.29, 0.717) is 10.0 Å². The van der Waals surface area contributed by atoms with Crippen LogP contribution < -0.4 is 0 Å². The molecule has 1 nitrogen and oxygen atoms in total. The van der Waals surface area contributed by atoms with E-state index in [2.05, 4.69) is 0 Å². The number of halogens is 2. The Morgan fingerprint density at radius 3 is 2.17 bits per heavy atom. The Hall–Kier alpha value is -0.240. The summed E-state index contributed by atoms with van der Waals surface area (Å²) in [6, 6.07) is 5.43. The van der Waals surface area contributed by atoms with E-state index in [4.69, 9.17) is 28.3 Å². The standard InChI is InChI=1S/C9H10Cl2O/c10-8-4-7(2-1-3-12)5-9(11)6-8/h4-6,12H,1-3H2. The van der Waals surface area contributed by atoms with Crippen molar-refractivity contribution in [2.24, 2.45) is 0 Å². The van der Waals surface area contributed by atoms with E-state index in [1.807, 2.05) is 12.1 Å². The van der Waals surface area contributed by atoms with E-state index in [1.54, 1.807) is 6.07 Å². The molecule has 0 aromatic heterocycles. The number of aliphatic hydroxyl groups excluding tert-OH is 1. The lowest BCUT2D eigenvalue weighted by Crippen LogP contribution is -1.89. The van der Waals surface area contributed by atoms with Gasteiger partial charge >= 0.3 is 0 Å². The summed E-state index contributed by atoms with van der Waals surface area (Å²) < 4.78 is 0. The van der Waals surface area contributed by atoms with Gasteiger partial charge in [0.2, 0.25) is 0 Å². The number of aliphatic hydroxyl groups is 1. The van der Waals surface area contributed by atoms with Crippen LogP contribution >= 0.6 is 23.2 Å². The monoisotopic (exact) mass is 204 g/mol. The molecular weight excluding hydrogens is 195 g/mol. The second-order valence-electron chi connectivity index (χ2n) is 2.60. The minimum Gasteiger partial charge on any atom is -0.396 e. The zero-order chi connectivity index (χ0) is 8.97. The van der Waals surface area contributed by atoms with Crippen LogP contribution in [0.3, 0.4) is 0 Å². The number of hydrogen-bond acceptors (Lipinski definition) is 1. The highest BCUT2D eigenvalue weighted by Crippen LogP contribution is 2.19. The van der Waals surface area contributed by atoms with Crippen LogP contribution in [0.15, 0.2) is 18.2 Å². The average Bonchev–Trinajstić information content (AvgIpc) is 1.99. The highest BCUT2D eigenvalue weighted by atomic mass is 35.5. The third kappa shape index (κ3) is 3.02. The van der Waals surface area contributed by atoms with Gasteiger partial charge in [0, 0.05) is 16.7 Å². The molecule has 0 fully saturated rings. The molecule has 1 aromatic carbocycles. The van der Waals surface area contributed by atoms with Gasteiger partial charge in [-0.05, 0) is 36.6 Å². The van der Waals surface area contributed by atoms with Gasteiger partial charge in [0.1, 0.15) is 0 Å². The van der Waals surface area contributed by atoms with Crippen molar-refractivity contribution in [2.75, 3.05) is 6.61 Å². The maximum atomic E-state index is 8.60. The molecule has 66 valence electrons. The van der Waals surface area contributed by atoms with E-state index in [-0.39, 0.29) is 6.61 Å². The largest absolute Gasteiger partial charge is 0.396 e. The van der Waals surface area contributed by atoms with Crippen molar-refractivity contribution in [1.29, 1.82) is 0 Å². The topological polar surface area (TPSA) is 20.2 Å². The number of hydrogen-bond donors (Lipinski definition) is 1. The van der Waals surface area contributed by atoms with Gasteiger partial charge in [-0.1, -0.05) is 23.2 Å². The molecule has 0 saturated heterocycles. The lowest BCUT2D eigenvalue weighted by molar-refractivity contribution is 0.288. The third-order valence-corrected chi connectivity index (χ3v) is 1.98. The predicted octanol–water partition coefficient (Wildman–Crippen LogP) is 2.92. The number of rotatable bonds is 3. The van der Waals surface area contributed by atoms with E-state index < -0.39 is 0 Å². The Kier molecular flexibility index (Phi) is 3.86. The Morgan fingerprint density at radius 1 is 1.08 bits per heavy atom. The first kappa shape index (κ1) is 9.85. The summed E-state index contributed by atoms with van der Waals surface area (Å²) in [4.78, 5) is 0. The first-order valence-electron chi connectivity index (χ1n) is 3.78. The molecule has 0 amide bonds. The highest BCUT2D eigenvalue weighted by Gasteiger charge is 1.97. The number of benzene rings is 1. The molecule has 0 aliphatic heterocycles. The summed E-state index contributed by atoms with van der Waals surface area (Å²) >= 11 is 11.6. The van der Waals surface area contributed by atoms with E-state index in [9.17, 15) is 0 Å². The fraction of sp³-hybridized carbons (Fsp3) is 0.333. The molecule has 1 aromatic rings. The van der Waals surface area contributed by atoms with Gasteiger partial charge in [0.25, 0.3) is 0 Å². The molecule has 0 unspecified atom stereocenters. The maximum Gasteiger partial charge on any atom is 0.0434 e. The molecule has 0 aliphatic rings. The van der Waals surface area contributed by atoms with Crippen LogP contribution in [0.4, 0.5) is 0 Å². The van der Waals surface area contributed by atoms with Crippen molar-refractivity contribution in [3.8, 4) is 0 Å². The summed E-state index contributed by atoms with van der Waals surface area (Å²) in [5.41, 5.74) is 1.07. The van der Waals surface area contributed by atoms with Crippen LogP contribution in [0.25, 0.3) is 0 Å². The molecular formula is C9H10Cl2O. The Bertz CT molecular complexity index is 240. The summed E-state index contributed by atoms with van der Waals surface area (Å²) in [5, 5.41) is 9.90. The van der Waals surface area contributed by atoms with Gasteiger partial charge in [-0.3, -0.25) is 0 Å². The predicted molar refractivity (Wildman–Crippen MR) is 51.9 cm³/mol.